The molecule has 2 aromatic carbocycles. The minimum absolute atomic E-state index is 0.130. The van der Waals surface area contributed by atoms with Gasteiger partial charge in [-0.25, -0.2) is 4.79 Å². The number of ether oxygens (including phenoxy) is 1. The number of carbonyl (C=O) groups excluding carboxylic acids is 1. The van der Waals surface area contributed by atoms with Crippen molar-refractivity contribution in [1.29, 1.82) is 0 Å². The third kappa shape index (κ3) is 3.45. The molecule has 1 aliphatic rings. The monoisotopic (exact) mass is 417 g/mol. The average molecular weight is 417 g/mol. The number of carbonyl (C=O) groups is 1. The maximum atomic E-state index is 14.2. The molecule has 0 radical (unpaired) electrons. The lowest BCUT2D eigenvalue weighted by Gasteiger charge is -2.21. The normalized spacial score (nSPS) is 22.9. The number of nitrogens with zero attached hydrogens (tertiary/aromatic N) is 2. The van der Waals surface area contributed by atoms with Crippen LogP contribution in [0.15, 0.2) is 59.5 Å². The summed E-state index contributed by atoms with van der Waals surface area (Å²) in [7, 11) is 0. The first kappa shape index (κ1) is 20.1. The highest BCUT2D eigenvalue weighted by molar-refractivity contribution is 6.06. The van der Waals surface area contributed by atoms with Gasteiger partial charge in [0.05, 0.1) is 6.61 Å². The Morgan fingerprint density at radius 3 is 2.60 bits per heavy atom. The molecule has 156 valence electrons. The lowest BCUT2D eigenvalue weighted by atomic mass is 10.1. The van der Waals surface area contributed by atoms with Crippen LogP contribution in [0, 0.1) is 0 Å². The van der Waals surface area contributed by atoms with Crippen molar-refractivity contribution in [2.75, 3.05) is 11.9 Å². The summed E-state index contributed by atoms with van der Waals surface area (Å²) >= 11 is 0. The van der Waals surface area contributed by atoms with Gasteiger partial charge in [-0.15, -0.1) is 0 Å². The van der Waals surface area contributed by atoms with Gasteiger partial charge in [0.25, 0.3) is 5.91 Å². The second kappa shape index (κ2) is 7.56. The predicted molar refractivity (Wildman–Crippen MR) is 102 cm³/mol. The van der Waals surface area contributed by atoms with E-state index in [0.717, 1.165) is 17.0 Å². The van der Waals surface area contributed by atoms with Crippen molar-refractivity contribution in [3.8, 4) is 0 Å². The number of aliphatic hydroxyl groups is 2. The fourth-order valence-electron chi connectivity index (χ4n) is 3.30. The van der Waals surface area contributed by atoms with Crippen molar-refractivity contribution < 1.29 is 28.5 Å². The number of alkyl halides is 2. The zero-order valence-corrected chi connectivity index (χ0v) is 15.4. The minimum atomic E-state index is -3.81. The second-order valence-electron chi connectivity index (χ2n) is 6.85. The second-order valence-corrected chi connectivity index (χ2v) is 6.85. The van der Waals surface area contributed by atoms with Crippen LogP contribution in [0.3, 0.4) is 0 Å². The summed E-state index contributed by atoms with van der Waals surface area (Å²) in [5.74, 6) is -4.46. The van der Waals surface area contributed by atoms with E-state index in [4.69, 9.17) is 9.84 Å². The van der Waals surface area contributed by atoms with Crippen LogP contribution < -0.4 is 11.0 Å². The molecule has 0 spiro atoms. The van der Waals surface area contributed by atoms with Gasteiger partial charge in [0.15, 0.2) is 6.10 Å². The zero-order valence-electron chi connectivity index (χ0n) is 15.4. The number of anilines is 1. The minimum Gasteiger partial charge on any atom is -0.394 e. The van der Waals surface area contributed by atoms with Gasteiger partial charge < -0.3 is 20.3 Å². The number of rotatable bonds is 4. The largest absolute Gasteiger partial charge is 0.394 e. The molecule has 0 saturated carbocycles. The summed E-state index contributed by atoms with van der Waals surface area (Å²) in [6.07, 6.45) is -4.96. The highest BCUT2D eigenvalue weighted by Crippen LogP contribution is 2.41. The Morgan fingerprint density at radius 1 is 1.20 bits per heavy atom. The van der Waals surface area contributed by atoms with Crippen LogP contribution in [-0.4, -0.2) is 50.4 Å². The van der Waals surface area contributed by atoms with Crippen LogP contribution in [0.2, 0.25) is 0 Å². The molecule has 1 unspecified atom stereocenters. The third-order valence-corrected chi connectivity index (χ3v) is 4.90. The zero-order chi connectivity index (χ0) is 21.5. The number of hydrogen-bond donors (Lipinski definition) is 3. The molecule has 8 nitrogen and oxygen atoms in total. The first-order valence-corrected chi connectivity index (χ1v) is 9.03. The first-order chi connectivity index (χ1) is 14.3. The fourth-order valence-corrected chi connectivity index (χ4v) is 3.30. The lowest BCUT2D eigenvalue weighted by molar-refractivity contribution is -0.140. The summed E-state index contributed by atoms with van der Waals surface area (Å²) in [5.41, 5.74) is -0.777. The van der Waals surface area contributed by atoms with E-state index in [1.165, 1.54) is 6.07 Å². The molecule has 4 rings (SSSR count). The predicted octanol–water partition coefficient (Wildman–Crippen LogP) is 1.53. The Balaban J connectivity index is 1.56. The van der Waals surface area contributed by atoms with Crippen molar-refractivity contribution in [2.45, 2.75) is 24.4 Å². The number of halogens is 2. The third-order valence-electron chi connectivity index (χ3n) is 4.90. The van der Waals surface area contributed by atoms with Gasteiger partial charge in [-0.05, 0) is 29.0 Å². The number of aromatic nitrogens is 2. The van der Waals surface area contributed by atoms with E-state index >= 15 is 0 Å². The Hall–Kier alpha value is -3.21. The van der Waals surface area contributed by atoms with Gasteiger partial charge in [0, 0.05) is 11.8 Å². The van der Waals surface area contributed by atoms with E-state index in [1.807, 2.05) is 24.3 Å². The Kier molecular flexibility index (Phi) is 5.06. The maximum absolute atomic E-state index is 14.2. The number of benzene rings is 2. The molecule has 3 atom stereocenters. The molecule has 3 aromatic rings. The van der Waals surface area contributed by atoms with Gasteiger partial charge in [0.1, 0.15) is 11.9 Å². The van der Waals surface area contributed by atoms with E-state index in [2.05, 4.69) is 10.3 Å². The van der Waals surface area contributed by atoms with Crippen LogP contribution in [0.25, 0.3) is 10.8 Å². The number of fused-ring (bicyclic) bond motifs is 1. The highest BCUT2D eigenvalue weighted by atomic mass is 19.3. The molecular formula is C20H17F2N3O5. The Labute approximate surface area is 168 Å². The van der Waals surface area contributed by atoms with Gasteiger partial charge >= 0.3 is 11.6 Å². The number of nitrogens with one attached hydrogen (secondary N) is 1. The van der Waals surface area contributed by atoms with Gasteiger partial charge in [-0.3, -0.25) is 9.36 Å². The lowest BCUT2D eigenvalue weighted by Crippen LogP contribution is -2.41. The number of amides is 1. The molecule has 1 aliphatic heterocycles. The number of aliphatic hydroxyl groups excluding tert-OH is 2. The van der Waals surface area contributed by atoms with Crippen LogP contribution >= 0.6 is 0 Å². The van der Waals surface area contributed by atoms with Crippen molar-refractivity contribution in [1.82, 2.24) is 9.55 Å². The van der Waals surface area contributed by atoms with Crippen molar-refractivity contribution in [2.24, 2.45) is 0 Å². The molecular weight excluding hydrogens is 400 g/mol. The maximum Gasteiger partial charge on any atom is 0.351 e. The molecule has 3 N–H and O–H groups in total. The van der Waals surface area contributed by atoms with E-state index < -0.39 is 42.6 Å². The van der Waals surface area contributed by atoms with Crippen LogP contribution in [0.4, 0.5) is 14.6 Å². The van der Waals surface area contributed by atoms with E-state index in [0.29, 0.717) is 10.1 Å². The first-order valence-electron chi connectivity index (χ1n) is 9.03. The van der Waals surface area contributed by atoms with Gasteiger partial charge in [0.2, 0.25) is 6.23 Å². The smallest absolute Gasteiger partial charge is 0.351 e. The summed E-state index contributed by atoms with van der Waals surface area (Å²) in [6, 6.07) is 13.7. The topological polar surface area (TPSA) is 114 Å². The van der Waals surface area contributed by atoms with Crippen LogP contribution in [-0.2, 0) is 4.74 Å². The molecule has 1 saturated heterocycles. The fraction of sp³-hybridized carbons (Fsp3) is 0.250. The molecule has 30 heavy (non-hydrogen) atoms. The molecule has 1 aromatic heterocycles. The van der Waals surface area contributed by atoms with Crippen LogP contribution in [0.5, 0.6) is 0 Å². The van der Waals surface area contributed by atoms with Crippen molar-refractivity contribution in [3.63, 3.8) is 0 Å². The van der Waals surface area contributed by atoms with E-state index in [9.17, 15) is 23.5 Å². The highest BCUT2D eigenvalue weighted by Gasteiger charge is 2.59. The summed E-state index contributed by atoms with van der Waals surface area (Å²) in [5, 5.41) is 22.9. The molecule has 1 amide bonds. The molecule has 0 aliphatic carbocycles. The SMILES string of the molecule is O=C(Nc1ccn([C@@H]2O[C@H](CO)C(O)C2(F)F)c(=O)n1)c1ccc2ccccc2c1. The molecule has 10 heteroatoms. The van der Waals surface area contributed by atoms with E-state index in [-0.39, 0.29) is 5.82 Å². The average Bonchev–Trinajstić information content (AvgIpc) is 2.96. The molecule has 1 fully saturated rings. The quantitative estimate of drug-likeness (QED) is 0.594. The number of hydrogen-bond acceptors (Lipinski definition) is 6. The molecule has 0 bridgehead atoms. The van der Waals surface area contributed by atoms with Gasteiger partial charge in [-0.1, -0.05) is 30.3 Å². The van der Waals surface area contributed by atoms with Crippen molar-refractivity contribution >= 4 is 22.5 Å². The van der Waals surface area contributed by atoms with E-state index in [1.54, 1.807) is 18.2 Å². The van der Waals surface area contributed by atoms with Crippen molar-refractivity contribution in [3.05, 3.63) is 70.8 Å². The Morgan fingerprint density at radius 2 is 1.93 bits per heavy atom. The molecule has 2 heterocycles. The summed E-state index contributed by atoms with van der Waals surface area (Å²) < 4.78 is 33.9. The summed E-state index contributed by atoms with van der Waals surface area (Å²) in [6.45, 7) is -0.838. The van der Waals surface area contributed by atoms with Gasteiger partial charge in [-0.2, -0.15) is 13.8 Å². The van der Waals surface area contributed by atoms with Crippen LogP contribution in [0.1, 0.15) is 16.6 Å². The Bertz CT molecular complexity index is 1170. The standard InChI is InChI=1S/C20H17F2N3O5/c21-20(22)16(27)14(10-26)30-18(20)25-8-7-15(24-19(25)29)23-17(28)13-6-5-11-3-1-2-4-12(11)9-13/h1-9,14,16,18,26-27H,10H2,(H,23,24,28,29)/t14-,16?,18-/m1/s1. The summed E-state index contributed by atoms with van der Waals surface area (Å²) in [4.78, 5) is 28.3.